The number of hydrogen-bond acceptors (Lipinski definition) is 1. The van der Waals surface area contributed by atoms with Crippen LogP contribution < -0.4 is 4.90 Å². The molecule has 0 amide bonds. The molecular weight excluding hydrogens is 615 g/mol. The van der Waals surface area contributed by atoms with E-state index in [-0.39, 0.29) is 5.41 Å². The van der Waals surface area contributed by atoms with E-state index in [9.17, 15) is 0 Å². The fraction of sp³-hybridized carbons (Fsp3) is 0.0800. The minimum absolute atomic E-state index is 0.0893. The second-order valence-corrected chi connectivity index (χ2v) is 14.9. The maximum Gasteiger partial charge on any atom is 0.0726 e. The highest BCUT2D eigenvalue weighted by molar-refractivity contribution is 6.00. The van der Waals surface area contributed by atoms with Crippen LogP contribution in [0.15, 0.2) is 176 Å². The van der Waals surface area contributed by atoms with Crippen LogP contribution in [0.5, 0.6) is 0 Å². The summed E-state index contributed by atoms with van der Waals surface area (Å²) in [6.07, 6.45) is 0. The van der Waals surface area contributed by atoms with Crippen molar-refractivity contribution in [1.82, 2.24) is 0 Å². The van der Waals surface area contributed by atoms with Crippen molar-refractivity contribution in [3.63, 3.8) is 0 Å². The van der Waals surface area contributed by atoms with Gasteiger partial charge in [-0.2, -0.15) is 0 Å². The molecule has 1 spiro atoms. The first-order valence-corrected chi connectivity index (χ1v) is 18.0. The maximum absolute atomic E-state index is 2.50. The van der Waals surface area contributed by atoms with E-state index in [4.69, 9.17) is 0 Å². The van der Waals surface area contributed by atoms with Crippen molar-refractivity contribution in [1.29, 1.82) is 0 Å². The maximum atomic E-state index is 2.50. The quantitative estimate of drug-likeness (QED) is 0.184. The summed E-state index contributed by atoms with van der Waals surface area (Å²) in [4.78, 5) is 2.46. The van der Waals surface area contributed by atoms with E-state index < -0.39 is 5.41 Å². The Balaban J connectivity index is 1.18. The van der Waals surface area contributed by atoms with E-state index in [0.29, 0.717) is 0 Å². The molecule has 8 aromatic rings. The molecule has 0 bridgehead atoms. The Morgan fingerprint density at radius 1 is 0.314 bits per heavy atom. The third kappa shape index (κ3) is 3.71. The van der Waals surface area contributed by atoms with E-state index in [2.05, 4.69) is 195 Å². The molecular formula is C50H35N. The smallest absolute Gasteiger partial charge is 0.0726 e. The summed E-state index contributed by atoms with van der Waals surface area (Å²) in [5.41, 5.74) is 19.1. The average molecular weight is 650 g/mol. The van der Waals surface area contributed by atoms with Crippen molar-refractivity contribution in [3.05, 3.63) is 209 Å². The van der Waals surface area contributed by atoms with Crippen LogP contribution in [-0.2, 0) is 10.8 Å². The van der Waals surface area contributed by atoms with E-state index in [1.54, 1.807) is 0 Å². The summed E-state index contributed by atoms with van der Waals surface area (Å²) in [6.45, 7) is 4.73. The van der Waals surface area contributed by atoms with Crippen LogP contribution in [-0.4, -0.2) is 0 Å². The van der Waals surface area contributed by atoms with Gasteiger partial charge in [-0.05, 0) is 126 Å². The first kappa shape index (κ1) is 28.6. The third-order valence-electron chi connectivity index (χ3n) is 12.0. The van der Waals surface area contributed by atoms with Crippen LogP contribution >= 0.6 is 0 Å². The first-order chi connectivity index (χ1) is 25.0. The summed E-state index contributed by atoms with van der Waals surface area (Å²) in [5.74, 6) is 0. The molecule has 0 heterocycles. The van der Waals surface area contributed by atoms with Gasteiger partial charge < -0.3 is 4.90 Å². The second kappa shape index (κ2) is 10.2. The zero-order valence-corrected chi connectivity index (χ0v) is 28.7. The van der Waals surface area contributed by atoms with Crippen molar-refractivity contribution in [3.8, 4) is 33.4 Å². The first-order valence-electron chi connectivity index (χ1n) is 18.0. The van der Waals surface area contributed by atoms with Crippen LogP contribution in [0.25, 0.3) is 44.2 Å². The Hall–Kier alpha value is -6.18. The molecule has 3 aliphatic rings. The number of benzene rings is 8. The molecule has 0 N–H and O–H groups in total. The molecule has 0 fully saturated rings. The normalized spacial score (nSPS) is 16.7. The van der Waals surface area contributed by atoms with Crippen molar-refractivity contribution >= 4 is 27.8 Å². The van der Waals surface area contributed by atoms with E-state index >= 15 is 0 Å². The van der Waals surface area contributed by atoms with Gasteiger partial charge in [0.2, 0.25) is 0 Å². The molecule has 8 aromatic carbocycles. The van der Waals surface area contributed by atoms with E-state index in [1.807, 2.05) is 0 Å². The minimum Gasteiger partial charge on any atom is -0.310 e. The largest absolute Gasteiger partial charge is 0.310 e. The minimum atomic E-state index is -0.429. The number of anilines is 3. The molecule has 0 saturated heterocycles. The predicted molar refractivity (Wildman–Crippen MR) is 212 cm³/mol. The number of nitrogens with zero attached hydrogens (tertiary/aromatic N) is 1. The van der Waals surface area contributed by atoms with Crippen LogP contribution in [0.2, 0.25) is 0 Å². The van der Waals surface area contributed by atoms with Gasteiger partial charge >= 0.3 is 0 Å². The van der Waals surface area contributed by atoms with Crippen molar-refractivity contribution < 1.29 is 0 Å². The number of hydrogen-bond donors (Lipinski definition) is 0. The molecule has 51 heavy (non-hydrogen) atoms. The lowest BCUT2D eigenvalue weighted by atomic mass is 9.70. The third-order valence-corrected chi connectivity index (χ3v) is 12.0. The fourth-order valence-corrected chi connectivity index (χ4v) is 9.81. The number of fused-ring (bicyclic) bond motifs is 14. The number of para-hydroxylation sites is 1. The highest BCUT2D eigenvalue weighted by Crippen LogP contribution is 2.64. The average Bonchev–Trinajstić information content (AvgIpc) is 3.72. The Morgan fingerprint density at radius 3 is 1.43 bits per heavy atom. The zero-order chi connectivity index (χ0) is 33.9. The fourth-order valence-electron chi connectivity index (χ4n) is 9.81. The Kier molecular flexibility index (Phi) is 5.72. The van der Waals surface area contributed by atoms with Gasteiger partial charge in [0.15, 0.2) is 0 Å². The van der Waals surface area contributed by atoms with Gasteiger partial charge in [-0.3, -0.25) is 0 Å². The topological polar surface area (TPSA) is 3.24 Å². The predicted octanol–water partition coefficient (Wildman–Crippen LogP) is 13.0. The van der Waals surface area contributed by atoms with E-state index in [0.717, 1.165) is 11.4 Å². The SMILES string of the molecule is CC1(C)c2ccccc2-c2ccc(N(c3ccccc3)c3ccc4c(c3)C3(c5ccccc5-4)c4ccccc4-c4cc5ccccc5cc43)cc21. The molecule has 1 nitrogen and oxygen atoms in total. The molecule has 3 aliphatic carbocycles. The number of rotatable bonds is 3. The molecule has 240 valence electrons. The summed E-state index contributed by atoms with van der Waals surface area (Å²) in [6, 6.07) is 66.0. The lowest BCUT2D eigenvalue weighted by Crippen LogP contribution is -2.26. The Labute approximate surface area is 299 Å². The molecule has 1 atom stereocenters. The van der Waals surface area contributed by atoms with Gasteiger partial charge in [-0.25, -0.2) is 0 Å². The second-order valence-electron chi connectivity index (χ2n) is 14.9. The summed E-state index contributed by atoms with van der Waals surface area (Å²) < 4.78 is 0. The molecule has 0 aromatic heterocycles. The lowest BCUT2D eigenvalue weighted by molar-refractivity contribution is 0.660. The van der Waals surface area contributed by atoms with Crippen LogP contribution in [0.4, 0.5) is 17.1 Å². The van der Waals surface area contributed by atoms with Gasteiger partial charge in [0.05, 0.1) is 5.41 Å². The van der Waals surface area contributed by atoms with Gasteiger partial charge in [0, 0.05) is 22.5 Å². The van der Waals surface area contributed by atoms with Crippen molar-refractivity contribution in [2.75, 3.05) is 4.90 Å². The standard InChI is InChI=1S/C50H35N/c1-49(2)43-21-11-8-18-37(43)40-26-24-35(30-46(40)49)51(34-16-4-3-5-17-34)36-25-27-41-38-19-9-12-22-44(38)50(48(41)31-36)45-23-13-10-20-39(45)42-28-32-14-6-7-15-33(32)29-47(42)50/h3-31H,1-2H3. The van der Waals surface area contributed by atoms with Gasteiger partial charge in [-0.15, -0.1) is 0 Å². The highest BCUT2D eigenvalue weighted by atomic mass is 15.1. The van der Waals surface area contributed by atoms with Gasteiger partial charge in [-0.1, -0.05) is 141 Å². The molecule has 1 unspecified atom stereocenters. The Morgan fingerprint density at radius 2 is 0.765 bits per heavy atom. The van der Waals surface area contributed by atoms with Crippen LogP contribution in [0.1, 0.15) is 47.2 Å². The van der Waals surface area contributed by atoms with Gasteiger partial charge in [0.25, 0.3) is 0 Å². The summed E-state index contributed by atoms with van der Waals surface area (Å²) in [7, 11) is 0. The van der Waals surface area contributed by atoms with Crippen molar-refractivity contribution in [2.24, 2.45) is 0 Å². The molecule has 11 rings (SSSR count). The van der Waals surface area contributed by atoms with Gasteiger partial charge in [0.1, 0.15) is 0 Å². The molecule has 0 saturated carbocycles. The monoisotopic (exact) mass is 649 g/mol. The summed E-state index contributed by atoms with van der Waals surface area (Å²) in [5, 5.41) is 2.55. The lowest BCUT2D eigenvalue weighted by Gasteiger charge is -2.32. The zero-order valence-electron chi connectivity index (χ0n) is 28.7. The Bertz CT molecular complexity index is 2730. The van der Waals surface area contributed by atoms with Crippen molar-refractivity contribution in [2.45, 2.75) is 24.7 Å². The summed E-state index contributed by atoms with van der Waals surface area (Å²) >= 11 is 0. The van der Waals surface area contributed by atoms with Crippen LogP contribution in [0, 0.1) is 0 Å². The molecule has 0 aliphatic heterocycles. The van der Waals surface area contributed by atoms with E-state index in [1.165, 1.54) is 83.2 Å². The molecule has 1 heteroatoms. The van der Waals surface area contributed by atoms with Crippen LogP contribution in [0.3, 0.4) is 0 Å². The highest BCUT2D eigenvalue weighted by Gasteiger charge is 2.52. The molecule has 0 radical (unpaired) electrons.